The molecule has 0 aromatic carbocycles. The summed E-state index contributed by atoms with van der Waals surface area (Å²) in [7, 11) is 0. The van der Waals surface area contributed by atoms with Crippen LogP contribution < -0.4 is 0 Å². The van der Waals surface area contributed by atoms with E-state index >= 15 is 0 Å². The maximum atomic E-state index is 13.0. The van der Waals surface area contributed by atoms with Crippen LogP contribution in [-0.4, -0.2) is 29.1 Å². The molecule has 0 bridgehead atoms. The number of esters is 1. The second kappa shape index (κ2) is 7.41. The number of aliphatic hydroxyl groups excluding tert-OH is 1. The van der Waals surface area contributed by atoms with Crippen LogP contribution in [0, 0.1) is 45.3 Å². The van der Waals surface area contributed by atoms with Crippen molar-refractivity contribution in [1.29, 1.82) is 0 Å². The molecule has 4 nitrogen and oxygen atoms in total. The van der Waals surface area contributed by atoms with Gasteiger partial charge in [0.05, 0.1) is 12.0 Å². The SMILES string of the molecule is CC(C)=CC1C[C@@H]([C@@H]2CC=C3[C@@]4(C)[C@H](CC[C@]32C)[C@@]2(C)C=CC(=O)C(C)(C)[C@@H]2C[C@@H]4O)C(=O)O1. The minimum atomic E-state index is -0.493. The van der Waals surface area contributed by atoms with Gasteiger partial charge in [-0.1, -0.05) is 57.9 Å². The molecular formula is C30H42O4. The molecule has 1 aliphatic heterocycles. The van der Waals surface area contributed by atoms with Gasteiger partial charge in [0.25, 0.3) is 0 Å². The minimum Gasteiger partial charge on any atom is -0.458 e. The molecule has 9 atom stereocenters. The van der Waals surface area contributed by atoms with Crippen molar-refractivity contribution in [3.05, 3.63) is 35.5 Å². The van der Waals surface area contributed by atoms with Crippen LogP contribution in [0.1, 0.15) is 80.6 Å². The normalized spacial score (nSPS) is 49.0. The first kappa shape index (κ1) is 24.0. The lowest BCUT2D eigenvalue weighted by Crippen LogP contribution is -2.63. The summed E-state index contributed by atoms with van der Waals surface area (Å²) in [4.78, 5) is 25.8. The zero-order valence-corrected chi connectivity index (χ0v) is 22.0. The van der Waals surface area contributed by atoms with Crippen molar-refractivity contribution >= 4 is 11.8 Å². The zero-order valence-electron chi connectivity index (χ0n) is 22.0. The molecule has 0 amide bonds. The van der Waals surface area contributed by atoms with E-state index in [2.05, 4.69) is 52.8 Å². The summed E-state index contributed by atoms with van der Waals surface area (Å²) in [5.74, 6) is 0.655. The van der Waals surface area contributed by atoms with Crippen molar-refractivity contribution in [2.24, 2.45) is 45.3 Å². The molecule has 5 aliphatic rings. The molecule has 1 unspecified atom stereocenters. The molecule has 0 radical (unpaired) electrons. The van der Waals surface area contributed by atoms with Crippen LogP contribution in [0.2, 0.25) is 0 Å². The lowest BCUT2D eigenvalue weighted by atomic mass is 9.38. The van der Waals surface area contributed by atoms with Crippen molar-refractivity contribution in [3.8, 4) is 0 Å². The number of carbonyl (C=O) groups is 2. The summed E-state index contributed by atoms with van der Waals surface area (Å²) in [5.41, 5.74) is 1.48. The van der Waals surface area contributed by atoms with E-state index in [4.69, 9.17) is 4.74 Å². The number of hydrogen-bond donors (Lipinski definition) is 1. The van der Waals surface area contributed by atoms with Gasteiger partial charge in [-0.05, 0) is 80.3 Å². The van der Waals surface area contributed by atoms with E-state index in [0.717, 1.165) is 25.7 Å². The van der Waals surface area contributed by atoms with Crippen LogP contribution in [0.5, 0.6) is 0 Å². The van der Waals surface area contributed by atoms with E-state index in [1.165, 1.54) is 11.1 Å². The first-order valence-electron chi connectivity index (χ1n) is 13.2. The van der Waals surface area contributed by atoms with Crippen molar-refractivity contribution in [1.82, 2.24) is 0 Å². The average Bonchev–Trinajstić information content (AvgIpc) is 3.26. The molecule has 0 aromatic rings. The summed E-state index contributed by atoms with van der Waals surface area (Å²) < 4.78 is 5.77. The van der Waals surface area contributed by atoms with Gasteiger partial charge in [-0.2, -0.15) is 0 Å². The third-order valence-corrected chi connectivity index (χ3v) is 11.1. The Morgan fingerprint density at radius 2 is 1.79 bits per heavy atom. The summed E-state index contributed by atoms with van der Waals surface area (Å²) >= 11 is 0. The lowest BCUT2D eigenvalue weighted by molar-refractivity contribution is -0.166. The third kappa shape index (κ3) is 2.99. The van der Waals surface area contributed by atoms with E-state index in [1.807, 2.05) is 19.9 Å². The quantitative estimate of drug-likeness (QED) is 0.412. The van der Waals surface area contributed by atoms with Gasteiger partial charge >= 0.3 is 5.97 Å². The fourth-order valence-corrected chi connectivity index (χ4v) is 9.35. The summed E-state index contributed by atoms with van der Waals surface area (Å²) in [6.45, 7) is 15.1. The van der Waals surface area contributed by atoms with Crippen molar-refractivity contribution < 1.29 is 19.4 Å². The number of ether oxygens (including phenoxy) is 1. The van der Waals surface area contributed by atoms with Crippen LogP contribution in [0.4, 0.5) is 0 Å². The number of allylic oxidation sites excluding steroid dienone is 4. The Hall–Kier alpha value is -1.68. The third-order valence-electron chi connectivity index (χ3n) is 11.1. The number of fused-ring (bicyclic) bond motifs is 5. The number of rotatable bonds is 2. The molecule has 5 rings (SSSR count). The molecule has 0 aromatic heterocycles. The summed E-state index contributed by atoms with van der Waals surface area (Å²) in [6, 6.07) is 0. The Kier molecular flexibility index (Phi) is 5.24. The number of cyclic esters (lactones) is 1. The van der Waals surface area contributed by atoms with Gasteiger partial charge in [-0.25, -0.2) is 0 Å². The summed E-state index contributed by atoms with van der Waals surface area (Å²) in [6.07, 6.45) is 12.1. The molecule has 1 N–H and O–H groups in total. The largest absolute Gasteiger partial charge is 0.458 e. The highest BCUT2D eigenvalue weighted by molar-refractivity contribution is 5.95. The average molecular weight is 467 g/mol. The Bertz CT molecular complexity index is 1010. The molecule has 2 saturated carbocycles. The molecule has 34 heavy (non-hydrogen) atoms. The fourth-order valence-electron chi connectivity index (χ4n) is 9.35. The van der Waals surface area contributed by atoms with Crippen LogP contribution in [0.25, 0.3) is 0 Å². The molecule has 3 fully saturated rings. The molecule has 4 aliphatic carbocycles. The Morgan fingerprint density at radius 3 is 2.47 bits per heavy atom. The predicted octanol–water partition coefficient (Wildman–Crippen LogP) is 5.81. The topological polar surface area (TPSA) is 63.6 Å². The highest BCUT2D eigenvalue weighted by Gasteiger charge is 2.68. The van der Waals surface area contributed by atoms with E-state index in [0.29, 0.717) is 6.42 Å². The Morgan fingerprint density at radius 1 is 1.09 bits per heavy atom. The first-order chi connectivity index (χ1) is 15.8. The number of aliphatic hydroxyl groups is 1. The minimum absolute atomic E-state index is 0.0534. The summed E-state index contributed by atoms with van der Waals surface area (Å²) in [5, 5.41) is 11.8. The van der Waals surface area contributed by atoms with Crippen LogP contribution in [0.15, 0.2) is 35.5 Å². The van der Waals surface area contributed by atoms with Crippen molar-refractivity contribution in [3.63, 3.8) is 0 Å². The molecule has 1 saturated heterocycles. The smallest absolute Gasteiger partial charge is 0.310 e. The van der Waals surface area contributed by atoms with E-state index in [1.54, 1.807) is 0 Å². The molecule has 4 heteroatoms. The van der Waals surface area contributed by atoms with Crippen LogP contribution in [-0.2, 0) is 14.3 Å². The van der Waals surface area contributed by atoms with E-state index in [-0.39, 0.29) is 57.8 Å². The van der Waals surface area contributed by atoms with E-state index < -0.39 is 11.5 Å². The van der Waals surface area contributed by atoms with Crippen molar-refractivity contribution in [2.45, 2.75) is 92.8 Å². The molecular weight excluding hydrogens is 424 g/mol. The maximum Gasteiger partial charge on any atom is 0.310 e. The van der Waals surface area contributed by atoms with Gasteiger partial charge in [-0.15, -0.1) is 0 Å². The van der Waals surface area contributed by atoms with Gasteiger partial charge in [0.1, 0.15) is 6.10 Å². The van der Waals surface area contributed by atoms with Gasteiger partial charge < -0.3 is 9.84 Å². The van der Waals surface area contributed by atoms with Gasteiger partial charge in [0.15, 0.2) is 5.78 Å². The number of hydrogen-bond acceptors (Lipinski definition) is 4. The highest BCUT2D eigenvalue weighted by Crippen LogP contribution is 2.72. The molecule has 1 heterocycles. The second-order valence-electron chi connectivity index (χ2n) is 13.4. The maximum absolute atomic E-state index is 13.0. The number of ketones is 1. The predicted molar refractivity (Wildman–Crippen MR) is 133 cm³/mol. The highest BCUT2D eigenvalue weighted by atomic mass is 16.5. The van der Waals surface area contributed by atoms with E-state index in [9.17, 15) is 14.7 Å². The van der Waals surface area contributed by atoms with Crippen molar-refractivity contribution in [2.75, 3.05) is 0 Å². The van der Waals surface area contributed by atoms with Gasteiger partial charge in [-0.3, -0.25) is 9.59 Å². The molecule has 186 valence electrons. The standard InChI is InChI=1S/C30H42O4/c1-17(2)14-18-15-19(26(33)34-18)20-8-9-21-28(20,5)12-10-22-29(6)13-11-24(31)27(3,4)23(29)16-25(32)30(21,22)7/h9,11,13-14,18-20,22-23,25,32H,8,10,12,15-16H2,1-7H3/t18?,19-,20-,22+,23-,25-,28-,29+,30-/m0/s1. The van der Waals surface area contributed by atoms with Crippen LogP contribution >= 0.6 is 0 Å². The first-order valence-corrected chi connectivity index (χ1v) is 13.2. The van der Waals surface area contributed by atoms with Crippen LogP contribution in [0.3, 0.4) is 0 Å². The lowest BCUT2D eigenvalue weighted by Gasteiger charge is -2.66. The van der Waals surface area contributed by atoms with Gasteiger partial charge in [0, 0.05) is 17.3 Å². The second-order valence-corrected chi connectivity index (χ2v) is 13.4. The monoisotopic (exact) mass is 466 g/mol. The Balaban J connectivity index is 1.50. The Labute approximate surface area is 204 Å². The zero-order chi connectivity index (χ0) is 24.8. The van der Waals surface area contributed by atoms with Gasteiger partial charge in [0.2, 0.25) is 0 Å². The fraction of sp³-hybridized carbons (Fsp3) is 0.733. The number of carbonyl (C=O) groups excluding carboxylic acids is 2. The molecule has 0 spiro atoms.